The molecular formula is C19H8Cl2N6S. The van der Waals surface area contributed by atoms with Gasteiger partial charge in [0.05, 0.1) is 43.5 Å². The molecule has 0 aliphatic carbocycles. The monoisotopic (exact) mass is 422 g/mol. The molecule has 0 saturated heterocycles. The van der Waals surface area contributed by atoms with E-state index in [0.717, 1.165) is 4.70 Å². The van der Waals surface area contributed by atoms with Gasteiger partial charge in [0, 0.05) is 18.0 Å². The number of hydrogen-bond acceptors (Lipinski definition) is 7. The molecule has 0 saturated carbocycles. The molecule has 0 unspecified atom stereocenters. The van der Waals surface area contributed by atoms with Crippen LogP contribution in [0.3, 0.4) is 0 Å². The van der Waals surface area contributed by atoms with Gasteiger partial charge in [-0.15, -0.1) is 11.3 Å². The molecule has 0 bridgehead atoms. The van der Waals surface area contributed by atoms with E-state index in [4.69, 9.17) is 33.7 Å². The van der Waals surface area contributed by atoms with Crippen molar-refractivity contribution < 1.29 is 0 Å². The number of nitriles is 2. The first-order valence-electron chi connectivity index (χ1n) is 7.87. The fraction of sp³-hybridized carbons (Fsp3) is 0. The number of anilines is 2. The Morgan fingerprint density at radius 1 is 0.929 bits per heavy atom. The van der Waals surface area contributed by atoms with Crippen LogP contribution >= 0.6 is 34.5 Å². The Labute approximate surface area is 173 Å². The highest BCUT2D eigenvalue weighted by Gasteiger charge is 2.17. The van der Waals surface area contributed by atoms with Crippen LogP contribution in [0.4, 0.5) is 11.6 Å². The van der Waals surface area contributed by atoms with E-state index in [1.54, 1.807) is 42.7 Å². The summed E-state index contributed by atoms with van der Waals surface area (Å²) in [4.78, 5) is 13.2. The lowest BCUT2D eigenvalue weighted by molar-refractivity contribution is 1.26. The fourth-order valence-electron chi connectivity index (χ4n) is 2.58. The van der Waals surface area contributed by atoms with Crippen molar-refractivity contribution in [2.45, 2.75) is 0 Å². The van der Waals surface area contributed by atoms with Crippen LogP contribution in [-0.2, 0) is 0 Å². The molecule has 134 valence electrons. The summed E-state index contributed by atoms with van der Waals surface area (Å²) in [5.41, 5.74) is 2.16. The molecule has 0 atom stereocenters. The van der Waals surface area contributed by atoms with Crippen LogP contribution in [0.15, 0.2) is 42.7 Å². The summed E-state index contributed by atoms with van der Waals surface area (Å²) in [6.07, 6.45) is 3.18. The highest BCUT2D eigenvalue weighted by atomic mass is 35.5. The quantitative estimate of drug-likeness (QED) is 0.464. The molecule has 0 aliphatic heterocycles. The van der Waals surface area contributed by atoms with Crippen LogP contribution in [0, 0.1) is 22.7 Å². The van der Waals surface area contributed by atoms with E-state index >= 15 is 0 Å². The zero-order valence-corrected chi connectivity index (χ0v) is 16.3. The van der Waals surface area contributed by atoms with Gasteiger partial charge in [-0.2, -0.15) is 10.5 Å². The minimum atomic E-state index is 0.356. The zero-order valence-electron chi connectivity index (χ0n) is 13.9. The Hall–Kier alpha value is -3.23. The second kappa shape index (κ2) is 7.41. The van der Waals surface area contributed by atoms with Gasteiger partial charge in [-0.25, -0.2) is 15.0 Å². The van der Waals surface area contributed by atoms with Gasteiger partial charge in [-0.3, -0.25) is 0 Å². The lowest BCUT2D eigenvalue weighted by Gasteiger charge is -2.05. The average molecular weight is 423 g/mol. The Morgan fingerprint density at radius 3 is 2.36 bits per heavy atom. The van der Waals surface area contributed by atoms with Crippen molar-refractivity contribution >= 4 is 56.4 Å². The highest BCUT2D eigenvalue weighted by molar-refractivity contribution is 7.22. The molecule has 9 heteroatoms. The summed E-state index contributed by atoms with van der Waals surface area (Å²) in [6.45, 7) is 0. The van der Waals surface area contributed by atoms with Crippen LogP contribution in [0.1, 0.15) is 11.1 Å². The average Bonchev–Trinajstić information content (AvgIpc) is 3.12. The summed E-state index contributed by atoms with van der Waals surface area (Å²) >= 11 is 14.0. The number of nitrogens with one attached hydrogen (secondary N) is 1. The van der Waals surface area contributed by atoms with Crippen LogP contribution in [0.25, 0.3) is 20.8 Å². The van der Waals surface area contributed by atoms with Gasteiger partial charge in [0.25, 0.3) is 0 Å². The molecule has 3 heterocycles. The molecule has 3 aromatic heterocycles. The minimum Gasteiger partial charge on any atom is -0.324 e. The largest absolute Gasteiger partial charge is 0.324 e. The van der Waals surface area contributed by atoms with Gasteiger partial charge >= 0.3 is 0 Å². The molecule has 1 N–H and O–H groups in total. The molecule has 28 heavy (non-hydrogen) atoms. The van der Waals surface area contributed by atoms with Crippen molar-refractivity contribution in [2.75, 3.05) is 5.32 Å². The van der Waals surface area contributed by atoms with Crippen LogP contribution in [-0.4, -0.2) is 15.0 Å². The van der Waals surface area contributed by atoms with Crippen molar-refractivity contribution in [3.63, 3.8) is 0 Å². The number of fused-ring (bicyclic) bond motifs is 1. The second-order valence-corrected chi connectivity index (χ2v) is 7.43. The molecule has 0 fully saturated rings. The first-order chi connectivity index (χ1) is 13.6. The zero-order chi connectivity index (χ0) is 19.7. The number of thiazole rings is 1. The van der Waals surface area contributed by atoms with E-state index in [1.165, 1.54) is 11.3 Å². The van der Waals surface area contributed by atoms with E-state index in [2.05, 4.69) is 26.3 Å². The molecule has 0 radical (unpaired) electrons. The number of rotatable bonds is 3. The number of halogens is 2. The Morgan fingerprint density at radius 2 is 1.64 bits per heavy atom. The summed E-state index contributed by atoms with van der Waals surface area (Å²) in [6, 6.07) is 12.3. The summed E-state index contributed by atoms with van der Waals surface area (Å²) in [5, 5.41) is 22.5. The highest BCUT2D eigenvalue weighted by Crippen LogP contribution is 2.41. The maximum atomic E-state index is 9.05. The number of hydrogen-bond donors (Lipinski definition) is 1. The van der Waals surface area contributed by atoms with Gasteiger partial charge in [-0.1, -0.05) is 23.2 Å². The van der Waals surface area contributed by atoms with Crippen LogP contribution in [0.5, 0.6) is 0 Å². The first-order valence-corrected chi connectivity index (χ1v) is 9.44. The van der Waals surface area contributed by atoms with Gasteiger partial charge in [0.15, 0.2) is 5.82 Å². The van der Waals surface area contributed by atoms with E-state index < -0.39 is 0 Å². The molecule has 0 aliphatic rings. The maximum absolute atomic E-state index is 9.05. The lowest BCUT2D eigenvalue weighted by atomic mass is 10.1. The number of pyridine rings is 2. The van der Waals surface area contributed by atoms with E-state index in [1.807, 2.05) is 6.07 Å². The molecular weight excluding hydrogens is 415 g/mol. The molecule has 0 amide bonds. The lowest BCUT2D eigenvalue weighted by Crippen LogP contribution is -1.96. The Kier molecular flexibility index (Phi) is 4.81. The first kappa shape index (κ1) is 18.1. The van der Waals surface area contributed by atoms with Gasteiger partial charge < -0.3 is 5.32 Å². The number of aromatic nitrogens is 3. The van der Waals surface area contributed by atoms with Gasteiger partial charge in [0.2, 0.25) is 0 Å². The maximum Gasteiger partial charge on any atom is 0.151 e. The molecule has 4 rings (SSSR count). The third-order valence-corrected chi connectivity index (χ3v) is 5.52. The van der Waals surface area contributed by atoms with Crippen LogP contribution < -0.4 is 5.32 Å². The summed E-state index contributed by atoms with van der Waals surface area (Å²) < 4.78 is 0.790. The normalized spacial score (nSPS) is 10.4. The molecule has 1 aromatic carbocycles. The summed E-state index contributed by atoms with van der Waals surface area (Å²) in [7, 11) is 0. The topological polar surface area (TPSA) is 98.3 Å². The molecule has 4 aromatic rings. The predicted molar refractivity (Wildman–Crippen MR) is 110 cm³/mol. The standard InChI is InChI=1S/C19H8Cl2N6S/c20-12-5-11(9-23)6-13(21)16(12)19-26-14-2-4-25-18(17(14)28-19)27-15-7-10(8-22)1-3-24-15/h1-7H,(H,24,25,27). The van der Waals surface area contributed by atoms with Crippen molar-refractivity contribution in [3.05, 3.63) is 63.9 Å². The smallest absolute Gasteiger partial charge is 0.151 e. The minimum absolute atomic E-state index is 0.356. The molecule has 0 spiro atoms. The van der Waals surface area contributed by atoms with E-state index in [0.29, 0.717) is 48.9 Å². The Balaban J connectivity index is 1.80. The van der Waals surface area contributed by atoms with Crippen molar-refractivity contribution in [3.8, 4) is 22.7 Å². The van der Waals surface area contributed by atoms with Gasteiger partial charge in [-0.05, 0) is 30.3 Å². The van der Waals surface area contributed by atoms with Crippen molar-refractivity contribution in [1.29, 1.82) is 10.5 Å². The fourth-order valence-corrected chi connectivity index (χ4v) is 4.44. The van der Waals surface area contributed by atoms with Crippen molar-refractivity contribution in [1.82, 2.24) is 15.0 Å². The second-order valence-electron chi connectivity index (χ2n) is 5.62. The predicted octanol–water partition coefficient (Wildman–Crippen LogP) is 5.55. The molecule has 6 nitrogen and oxygen atoms in total. The number of benzene rings is 1. The Bertz CT molecular complexity index is 1280. The van der Waals surface area contributed by atoms with Crippen LogP contribution in [0.2, 0.25) is 10.0 Å². The van der Waals surface area contributed by atoms with E-state index in [-0.39, 0.29) is 0 Å². The third kappa shape index (κ3) is 3.35. The summed E-state index contributed by atoms with van der Waals surface area (Å²) in [5.74, 6) is 1.06. The third-order valence-electron chi connectivity index (χ3n) is 3.83. The van der Waals surface area contributed by atoms with Gasteiger partial charge in [0.1, 0.15) is 10.8 Å². The van der Waals surface area contributed by atoms with Crippen molar-refractivity contribution in [2.24, 2.45) is 0 Å². The number of nitrogens with zero attached hydrogens (tertiary/aromatic N) is 5. The van der Waals surface area contributed by atoms with E-state index in [9.17, 15) is 0 Å². The SMILES string of the molecule is N#Cc1ccnc(Nc2nccc3nc(-c4c(Cl)cc(C#N)cc4Cl)sc23)c1.